The van der Waals surface area contributed by atoms with Crippen molar-refractivity contribution in [3.8, 4) is 23.7 Å². The van der Waals surface area contributed by atoms with Crippen LogP contribution in [0.4, 0.5) is 0 Å². The Kier molecular flexibility index (Phi) is 18.0. The van der Waals surface area contributed by atoms with E-state index in [0.717, 1.165) is 64.2 Å². The quantitative estimate of drug-likeness (QED) is 0.208. The molecule has 42 heavy (non-hydrogen) atoms. The second-order valence-corrected chi connectivity index (χ2v) is 11.9. The molecule has 0 amide bonds. The smallest absolute Gasteiger partial charge is 0.154 e. The van der Waals surface area contributed by atoms with Crippen LogP contribution in [0.15, 0.2) is 0 Å². The molecule has 0 aromatic heterocycles. The third-order valence-corrected chi connectivity index (χ3v) is 9.06. The van der Waals surface area contributed by atoms with Gasteiger partial charge in [-0.1, -0.05) is 23.7 Å². The van der Waals surface area contributed by atoms with Crippen LogP contribution in [0, 0.1) is 59.2 Å². The number of aliphatic hydroxyl groups excluding tert-OH is 2. The Morgan fingerprint density at radius 3 is 1.10 bits per heavy atom. The maximum atomic E-state index is 9.52. The fourth-order valence-electron chi connectivity index (χ4n) is 6.48. The zero-order valence-corrected chi connectivity index (χ0v) is 28.5. The number of aliphatic hydroxyl groups is 4. The summed E-state index contributed by atoms with van der Waals surface area (Å²) in [5.74, 6) is 14.6. The van der Waals surface area contributed by atoms with Gasteiger partial charge >= 0.3 is 0 Å². The van der Waals surface area contributed by atoms with Gasteiger partial charge in [-0.15, -0.1) is 0 Å². The van der Waals surface area contributed by atoms with Gasteiger partial charge in [0.1, 0.15) is 0 Å². The molecule has 1 radical (unpaired) electrons. The molecule has 0 aromatic rings. The molecule has 0 bridgehead atoms. The van der Waals surface area contributed by atoms with E-state index in [9.17, 15) is 20.4 Å². The predicted molar refractivity (Wildman–Crippen MR) is 157 cm³/mol. The Balaban J connectivity index is 0.00000484. The zero-order valence-electron chi connectivity index (χ0n) is 25.3. The third-order valence-electron chi connectivity index (χ3n) is 9.06. The Bertz CT molecular complexity index is 793. The molecule has 10 heteroatoms. The SMILES string of the molecule is OC(O)C1CCC(C#CC2CCC(C#CC3CCC(C(O)O)CC3)C3OCCOCCOCCOCCOC23)CC1.[K]. The van der Waals surface area contributed by atoms with E-state index < -0.39 is 12.6 Å². The average molecular weight is 618 g/mol. The molecule has 9 nitrogen and oxygen atoms in total. The molecule has 0 aromatic carbocycles. The summed E-state index contributed by atoms with van der Waals surface area (Å²) >= 11 is 0. The third kappa shape index (κ3) is 12.3. The second kappa shape index (κ2) is 20.5. The van der Waals surface area contributed by atoms with Crippen LogP contribution in [0.1, 0.15) is 64.2 Å². The molecule has 1 heterocycles. The van der Waals surface area contributed by atoms with Crippen molar-refractivity contribution >= 4 is 51.4 Å². The van der Waals surface area contributed by atoms with Crippen molar-refractivity contribution in [1.29, 1.82) is 0 Å². The largest absolute Gasteiger partial charge is 0.377 e. The van der Waals surface area contributed by atoms with Crippen molar-refractivity contribution in [3.05, 3.63) is 0 Å². The van der Waals surface area contributed by atoms with Crippen LogP contribution in [0.2, 0.25) is 0 Å². The summed E-state index contributed by atoms with van der Waals surface area (Å²) in [6, 6.07) is 0. The van der Waals surface area contributed by atoms with E-state index in [1.165, 1.54) is 0 Å². The van der Waals surface area contributed by atoms with Crippen molar-refractivity contribution in [3.63, 3.8) is 0 Å². The van der Waals surface area contributed by atoms with E-state index in [4.69, 9.17) is 23.7 Å². The number of rotatable bonds is 2. The summed E-state index contributed by atoms with van der Waals surface area (Å²) in [5.41, 5.74) is 0. The Morgan fingerprint density at radius 2 is 0.762 bits per heavy atom. The van der Waals surface area contributed by atoms with Crippen molar-refractivity contribution in [2.75, 3.05) is 52.9 Å². The monoisotopic (exact) mass is 617 g/mol. The summed E-state index contributed by atoms with van der Waals surface area (Å²) in [4.78, 5) is 0. The van der Waals surface area contributed by atoms with Crippen molar-refractivity contribution in [2.24, 2.45) is 35.5 Å². The molecule has 233 valence electrons. The Morgan fingerprint density at radius 1 is 0.429 bits per heavy atom. The van der Waals surface area contributed by atoms with E-state index in [-0.39, 0.29) is 99.1 Å². The first-order valence-corrected chi connectivity index (χ1v) is 15.7. The molecule has 4 fully saturated rings. The maximum absolute atomic E-state index is 9.52. The minimum absolute atomic E-state index is 0. The van der Waals surface area contributed by atoms with E-state index in [1.54, 1.807) is 0 Å². The van der Waals surface area contributed by atoms with Gasteiger partial charge in [0, 0.05) is 86.9 Å². The first-order valence-electron chi connectivity index (χ1n) is 15.7. The molecule has 3 aliphatic carbocycles. The molecule has 4 rings (SSSR count). The van der Waals surface area contributed by atoms with Gasteiger partial charge in [-0.25, -0.2) is 0 Å². The molecule has 1 saturated heterocycles. The number of hydrogen-bond donors (Lipinski definition) is 4. The van der Waals surface area contributed by atoms with Gasteiger partial charge in [0.15, 0.2) is 12.6 Å². The average Bonchev–Trinajstić information content (AvgIpc) is 2.99. The second-order valence-electron chi connectivity index (χ2n) is 11.9. The molecule has 0 spiro atoms. The molecule has 4 aliphatic rings. The van der Waals surface area contributed by atoms with Crippen molar-refractivity contribution in [1.82, 2.24) is 0 Å². The van der Waals surface area contributed by atoms with Crippen molar-refractivity contribution in [2.45, 2.75) is 89.0 Å². The van der Waals surface area contributed by atoms with Crippen LogP contribution in [-0.4, -0.2) is 149 Å². The van der Waals surface area contributed by atoms with Crippen LogP contribution in [0.5, 0.6) is 0 Å². The summed E-state index contributed by atoms with van der Waals surface area (Å²) in [5, 5.41) is 38.1. The van der Waals surface area contributed by atoms with Gasteiger partial charge in [0.25, 0.3) is 0 Å². The normalized spacial score (nSPS) is 35.7. The van der Waals surface area contributed by atoms with E-state index in [1.807, 2.05) is 0 Å². The number of fused-ring (bicyclic) bond motifs is 1. The summed E-state index contributed by atoms with van der Waals surface area (Å²) in [6.45, 7) is 3.86. The first-order chi connectivity index (χ1) is 20.0. The van der Waals surface area contributed by atoms with Gasteiger partial charge in [-0.05, 0) is 64.2 Å². The summed E-state index contributed by atoms with van der Waals surface area (Å²) in [7, 11) is 0. The maximum Gasteiger partial charge on any atom is 0.154 e. The van der Waals surface area contributed by atoms with Gasteiger partial charge in [0.2, 0.25) is 0 Å². The van der Waals surface area contributed by atoms with Crippen LogP contribution in [-0.2, 0) is 23.7 Å². The molecule has 1 aliphatic heterocycles. The minimum Gasteiger partial charge on any atom is -0.377 e. The molecular weight excluding hydrogens is 567 g/mol. The van der Waals surface area contributed by atoms with Crippen LogP contribution in [0.3, 0.4) is 0 Å². The minimum atomic E-state index is -1.24. The molecule has 4 unspecified atom stereocenters. The number of hydrogen-bond acceptors (Lipinski definition) is 9. The molecule has 4 N–H and O–H groups in total. The Hall–Kier alpha value is 0.396. The predicted octanol–water partition coefficient (Wildman–Crippen LogP) is 1.71. The van der Waals surface area contributed by atoms with E-state index >= 15 is 0 Å². The molecule has 3 saturated carbocycles. The van der Waals surface area contributed by atoms with Crippen LogP contribution >= 0.6 is 0 Å². The van der Waals surface area contributed by atoms with Gasteiger partial charge in [-0.3, -0.25) is 0 Å². The van der Waals surface area contributed by atoms with Crippen LogP contribution in [0.25, 0.3) is 0 Å². The first kappa shape index (κ1) is 36.9. The molecule has 4 atom stereocenters. The van der Waals surface area contributed by atoms with Gasteiger partial charge in [-0.2, -0.15) is 0 Å². The fourth-order valence-corrected chi connectivity index (χ4v) is 6.48. The van der Waals surface area contributed by atoms with Crippen LogP contribution < -0.4 is 0 Å². The van der Waals surface area contributed by atoms with E-state index in [0.29, 0.717) is 52.9 Å². The number of ether oxygens (including phenoxy) is 5. The Labute approximate surface area is 294 Å². The van der Waals surface area contributed by atoms with Gasteiger partial charge in [0.05, 0.1) is 65.1 Å². The zero-order chi connectivity index (χ0) is 28.9. The van der Waals surface area contributed by atoms with Crippen molar-refractivity contribution < 1.29 is 44.1 Å². The summed E-state index contributed by atoms with van der Waals surface area (Å²) in [6.07, 6.45) is 5.43. The van der Waals surface area contributed by atoms with Gasteiger partial charge < -0.3 is 44.1 Å². The topological polar surface area (TPSA) is 127 Å². The summed E-state index contributed by atoms with van der Waals surface area (Å²) < 4.78 is 29.9. The molecular formula is C32H50KO9. The fraction of sp³-hybridized carbons (Fsp3) is 0.875. The standard InChI is InChI=1S/C32H50O9.K/c33-31(34)27-9-3-23(4-10-27)1-7-25-13-14-26(8-2-24-5-11-28(12-6-24)32(35)36)30-29(25)40-21-19-38-17-15-37-16-18-39-20-22-41-30;/h23-36H,3-6,9-22H2;. The van der Waals surface area contributed by atoms with E-state index in [2.05, 4.69) is 23.7 Å².